The van der Waals surface area contributed by atoms with Crippen molar-refractivity contribution in [1.82, 2.24) is 4.98 Å². The molecule has 0 atom stereocenters. The van der Waals surface area contributed by atoms with Crippen LogP contribution >= 0.6 is 11.3 Å². The van der Waals surface area contributed by atoms with Crippen LogP contribution in [0.1, 0.15) is 40.7 Å². The number of hydrogen-bond acceptors (Lipinski definition) is 5. The summed E-state index contributed by atoms with van der Waals surface area (Å²) in [7, 11) is 0. The lowest BCUT2D eigenvalue weighted by Crippen LogP contribution is -2.55. The third kappa shape index (κ3) is 3.31. The minimum absolute atomic E-state index is 0.105. The van der Waals surface area contributed by atoms with Crippen LogP contribution in [0.2, 0.25) is 0 Å². The van der Waals surface area contributed by atoms with Gasteiger partial charge in [-0.05, 0) is 73.7 Å². The van der Waals surface area contributed by atoms with Gasteiger partial charge in [0.05, 0.1) is 45.9 Å². The first-order chi connectivity index (χ1) is 15.9. The molecule has 3 heterocycles. The molecule has 0 unspecified atom stereocenters. The molecular weight excluding hydrogens is 434 g/mol. The predicted molar refractivity (Wildman–Crippen MR) is 131 cm³/mol. The lowest BCUT2D eigenvalue weighted by molar-refractivity contribution is -0.216. The molecule has 168 valence electrons. The van der Waals surface area contributed by atoms with E-state index in [9.17, 15) is 9.90 Å². The van der Waals surface area contributed by atoms with Crippen LogP contribution in [0.3, 0.4) is 0 Å². The van der Waals surface area contributed by atoms with Crippen molar-refractivity contribution in [2.45, 2.75) is 38.7 Å². The summed E-state index contributed by atoms with van der Waals surface area (Å²) >= 11 is 1.65. The van der Waals surface area contributed by atoms with E-state index in [0.717, 1.165) is 41.9 Å². The van der Waals surface area contributed by atoms with E-state index in [4.69, 9.17) is 14.5 Å². The summed E-state index contributed by atoms with van der Waals surface area (Å²) < 4.78 is 13.1. The maximum absolute atomic E-state index is 12.4. The molecule has 4 aromatic rings. The van der Waals surface area contributed by atoms with Crippen molar-refractivity contribution in [2.24, 2.45) is 5.92 Å². The van der Waals surface area contributed by atoms with E-state index in [-0.39, 0.29) is 11.2 Å². The minimum Gasteiger partial charge on any atom is -0.493 e. The largest absolute Gasteiger partial charge is 0.493 e. The highest BCUT2D eigenvalue weighted by atomic mass is 32.1. The molecule has 2 aliphatic rings. The van der Waals surface area contributed by atoms with Gasteiger partial charge in [-0.2, -0.15) is 0 Å². The van der Waals surface area contributed by atoms with Gasteiger partial charge in [-0.3, -0.25) is 0 Å². The van der Waals surface area contributed by atoms with E-state index >= 15 is 0 Å². The smallest absolute Gasteiger partial charge is 0.336 e. The number of thiophene rings is 1. The molecule has 1 saturated heterocycles. The number of carbonyl (C=O) groups is 1. The number of aromatic carboxylic acids is 1. The second kappa shape index (κ2) is 7.54. The van der Waals surface area contributed by atoms with Crippen molar-refractivity contribution < 1.29 is 19.4 Å². The van der Waals surface area contributed by atoms with Crippen molar-refractivity contribution in [1.29, 1.82) is 0 Å². The SMILES string of the molecule is Cc1c(-c2cc(C(=O)O)c3c(OCC4CC5(CCO5)C4)ccc(C)c3n2)sc2ccccc12. The average molecular weight is 460 g/mol. The Morgan fingerprint density at radius 2 is 2.03 bits per heavy atom. The molecule has 33 heavy (non-hydrogen) atoms. The molecule has 0 amide bonds. The monoisotopic (exact) mass is 459 g/mol. The highest BCUT2D eigenvalue weighted by molar-refractivity contribution is 7.22. The van der Waals surface area contributed by atoms with Crippen molar-refractivity contribution in [3.63, 3.8) is 0 Å². The second-order valence-corrected chi connectivity index (χ2v) is 10.4. The standard InChI is InChI=1S/C27H25NO4S/c1-15-7-8-21(31-14-17-12-27(13-17)9-10-32-27)23-19(26(29)30)11-20(28-24(15)23)25-16(2)18-5-3-4-6-22(18)33-25/h3-8,11,17H,9-10,12-14H2,1-2H3,(H,29,30). The Labute approximate surface area is 196 Å². The van der Waals surface area contributed by atoms with Gasteiger partial charge >= 0.3 is 5.97 Å². The van der Waals surface area contributed by atoms with Crippen LogP contribution in [-0.2, 0) is 4.74 Å². The van der Waals surface area contributed by atoms with Crippen LogP contribution in [0.15, 0.2) is 42.5 Å². The Bertz CT molecular complexity index is 1410. The molecule has 1 aliphatic heterocycles. The fourth-order valence-corrected chi connectivity index (χ4v) is 6.47. The molecule has 2 fully saturated rings. The van der Waals surface area contributed by atoms with Gasteiger partial charge in [0.2, 0.25) is 0 Å². The zero-order valence-electron chi connectivity index (χ0n) is 18.7. The first kappa shape index (κ1) is 20.6. The van der Waals surface area contributed by atoms with Gasteiger partial charge < -0.3 is 14.6 Å². The van der Waals surface area contributed by atoms with Crippen LogP contribution in [0.4, 0.5) is 0 Å². The maximum Gasteiger partial charge on any atom is 0.336 e. The number of nitrogens with zero attached hydrogens (tertiary/aromatic N) is 1. The second-order valence-electron chi connectivity index (χ2n) is 9.38. The number of aromatic nitrogens is 1. The molecule has 6 rings (SSSR count). The van der Waals surface area contributed by atoms with E-state index < -0.39 is 5.97 Å². The Balaban J connectivity index is 1.41. The first-order valence-corrected chi connectivity index (χ1v) is 12.2. The average Bonchev–Trinajstić information content (AvgIpc) is 3.09. The van der Waals surface area contributed by atoms with E-state index in [2.05, 4.69) is 19.1 Å². The number of rotatable bonds is 5. The Hall–Kier alpha value is -2.96. The van der Waals surface area contributed by atoms with Crippen molar-refractivity contribution >= 4 is 38.3 Å². The number of aryl methyl sites for hydroxylation is 2. The molecule has 1 N–H and O–H groups in total. The number of carboxylic acids is 1. The van der Waals surface area contributed by atoms with Crippen molar-refractivity contribution in [3.8, 4) is 16.3 Å². The zero-order chi connectivity index (χ0) is 22.7. The minimum atomic E-state index is -0.969. The Morgan fingerprint density at radius 1 is 1.24 bits per heavy atom. The number of benzene rings is 2. The van der Waals surface area contributed by atoms with Gasteiger partial charge in [0, 0.05) is 4.70 Å². The van der Waals surface area contributed by atoms with Crippen LogP contribution < -0.4 is 4.74 Å². The quantitative estimate of drug-likeness (QED) is 0.375. The molecule has 6 heteroatoms. The van der Waals surface area contributed by atoms with Gasteiger partial charge in [0.25, 0.3) is 0 Å². The van der Waals surface area contributed by atoms with Gasteiger partial charge in [-0.1, -0.05) is 24.3 Å². The lowest BCUT2D eigenvalue weighted by atomic mass is 9.67. The lowest BCUT2D eigenvalue weighted by Gasteiger charge is -2.53. The van der Waals surface area contributed by atoms with Crippen molar-refractivity contribution in [2.75, 3.05) is 13.2 Å². The fourth-order valence-electron chi connectivity index (χ4n) is 5.30. The van der Waals surface area contributed by atoms with Crippen LogP contribution in [0.25, 0.3) is 31.6 Å². The topological polar surface area (TPSA) is 68.7 Å². The molecule has 0 radical (unpaired) electrons. The molecule has 1 saturated carbocycles. The maximum atomic E-state index is 12.4. The molecule has 2 aromatic heterocycles. The summed E-state index contributed by atoms with van der Waals surface area (Å²) in [5, 5.41) is 11.9. The number of pyridine rings is 1. The summed E-state index contributed by atoms with van der Waals surface area (Å²) in [6.07, 6.45) is 3.19. The number of carboxylic acid groups (broad SMARTS) is 1. The molecule has 5 nitrogen and oxygen atoms in total. The summed E-state index contributed by atoms with van der Waals surface area (Å²) in [5.41, 5.74) is 3.78. The van der Waals surface area contributed by atoms with Crippen LogP contribution in [-0.4, -0.2) is 34.9 Å². The third-order valence-electron chi connectivity index (χ3n) is 7.19. The number of hydrogen-bond donors (Lipinski definition) is 1. The molecule has 1 aliphatic carbocycles. The van der Waals surface area contributed by atoms with Gasteiger partial charge in [0.1, 0.15) is 5.75 Å². The number of ether oxygens (including phenoxy) is 2. The molecular formula is C27H25NO4S. The van der Waals surface area contributed by atoms with Crippen LogP contribution in [0, 0.1) is 19.8 Å². The third-order valence-corrected chi connectivity index (χ3v) is 8.49. The summed E-state index contributed by atoms with van der Waals surface area (Å²) in [6, 6.07) is 13.8. The van der Waals surface area contributed by atoms with Crippen molar-refractivity contribution in [3.05, 3.63) is 59.2 Å². The molecule has 0 bridgehead atoms. The van der Waals surface area contributed by atoms with E-state index in [1.807, 2.05) is 31.2 Å². The van der Waals surface area contributed by atoms with E-state index in [1.54, 1.807) is 17.4 Å². The summed E-state index contributed by atoms with van der Waals surface area (Å²) in [5.74, 6) is 0.0716. The Morgan fingerprint density at radius 3 is 2.73 bits per heavy atom. The first-order valence-electron chi connectivity index (χ1n) is 11.4. The van der Waals surface area contributed by atoms with Crippen LogP contribution in [0.5, 0.6) is 5.75 Å². The van der Waals surface area contributed by atoms with E-state index in [0.29, 0.717) is 34.9 Å². The molecule has 2 aromatic carbocycles. The van der Waals surface area contributed by atoms with Gasteiger partial charge in [-0.25, -0.2) is 9.78 Å². The molecule has 1 spiro atoms. The number of fused-ring (bicyclic) bond motifs is 2. The zero-order valence-corrected chi connectivity index (χ0v) is 19.5. The summed E-state index contributed by atoms with van der Waals surface area (Å²) in [4.78, 5) is 18.3. The predicted octanol–water partition coefficient (Wildman–Crippen LogP) is 6.38. The van der Waals surface area contributed by atoms with Gasteiger partial charge in [-0.15, -0.1) is 11.3 Å². The van der Waals surface area contributed by atoms with Gasteiger partial charge in [0.15, 0.2) is 0 Å². The fraction of sp³-hybridized carbons (Fsp3) is 0.333. The normalized spacial score (nSPS) is 21.8. The summed E-state index contributed by atoms with van der Waals surface area (Å²) in [6.45, 7) is 5.48. The highest BCUT2D eigenvalue weighted by Gasteiger charge is 2.50. The Kier molecular flexibility index (Phi) is 4.71. The highest BCUT2D eigenvalue weighted by Crippen LogP contribution is 2.49. The van der Waals surface area contributed by atoms with E-state index in [1.165, 1.54) is 10.1 Å².